The van der Waals surface area contributed by atoms with Crippen molar-refractivity contribution in [2.75, 3.05) is 19.7 Å². The Bertz CT molecular complexity index is 614. The van der Waals surface area contributed by atoms with Crippen LogP contribution < -0.4 is 4.74 Å². The second-order valence-electron chi connectivity index (χ2n) is 6.83. The third-order valence-corrected chi connectivity index (χ3v) is 3.49. The zero-order valence-electron chi connectivity index (χ0n) is 14.9. The van der Waals surface area contributed by atoms with Crippen LogP contribution in [0, 0.1) is 6.92 Å². The smallest absolute Gasteiger partial charge is 0.410 e. The largest absolute Gasteiger partial charge is 0.486 e. The molecule has 1 aromatic carbocycles. The van der Waals surface area contributed by atoms with Crippen molar-refractivity contribution in [3.63, 3.8) is 0 Å². The van der Waals surface area contributed by atoms with Crippen LogP contribution in [-0.2, 0) is 9.47 Å². The summed E-state index contributed by atoms with van der Waals surface area (Å²) in [6, 6.07) is 5.23. The van der Waals surface area contributed by atoms with E-state index in [1.165, 1.54) is 0 Å². The minimum absolute atomic E-state index is 0.103. The predicted octanol–water partition coefficient (Wildman–Crippen LogP) is 3.17. The summed E-state index contributed by atoms with van der Waals surface area (Å²) in [5.74, 6) is 0.265. The number of benzene rings is 1. The second kappa shape index (κ2) is 7.11. The van der Waals surface area contributed by atoms with Crippen molar-refractivity contribution in [3.8, 4) is 5.75 Å². The van der Waals surface area contributed by atoms with E-state index < -0.39 is 5.60 Å². The first-order valence-corrected chi connectivity index (χ1v) is 8.12. The average Bonchev–Trinajstić information content (AvgIpc) is 2.42. The van der Waals surface area contributed by atoms with E-state index >= 15 is 0 Å². The van der Waals surface area contributed by atoms with Crippen LogP contribution in [0.1, 0.15) is 43.6 Å². The number of carbonyl (C=O) groups is 2. The van der Waals surface area contributed by atoms with E-state index in [1.807, 2.05) is 33.8 Å². The van der Waals surface area contributed by atoms with Crippen LogP contribution in [0.3, 0.4) is 0 Å². The normalized spacial score (nSPS) is 14.8. The van der Waals surface area contributed by atoms with E-state index in [9.17, 15) is 9.59 Å². The third kappa shape index (κ3) is 4.63. The van der Waals surface area contributed by atoms with Crippen LogP contribution in [0.15, 0.2) is 18.2 Å². The highest BCUT2D eigenvalue weighted by molar-refractivity contribution is 5.90. The Morgan fingerprint density at radius 3 is 2.50 bits per heavy atom. The number of esters is 1. The van der Waals surface area contributed by atoms with Gasteiger partial charge in [0.1, 0.15) is 17.5 Å². The third-order valence-electron chi connectivity index (χ3n) is 3.49. The summed E-state index contributed by atoms with van der Waals surface area (Å²) < 4.78 is 16.2. The lowest BCUT2D eigenvalue weighted by Crippen LogP contribution is -2.57. The summed E-state index contributed by atoms with van der Waals surface area (Å²) in [7, 11) is 0. The first-order valence-electron chi connectivity index (χ1n) is 8.12. The highest BCUT2D eigenvalue weighted by Crippen LogP contribution is 2.25. The van der Waals surface area contributed by atoms with Crippen LogP contribution in [-0.4, -0.2) is 48.4 Å². The van der Waals surface area contributed by atoms with Crippen molar-refractivity contribution in [1.82, 2.24) is 4.90 Å². The Kier molecular flexibility index (Phi) is 5.36. The summed E-state index contributed by atoms with van der Waals surface area (Å²) in [5.41, 5.74) is 0.882. The first-order chi connectivity index (χ1) is 11.2. The van der Waals surface area contributed by atoms with Gasteiger partial charge in [0.25, 0.3) is 0 Å². The van der Waals surface area contributed by atoms with Gasteiger partial charge in [0.2, 0.25) is 0 Å². The molecule has 0 radical (unpaired) electrons. The van der Waals surface area contributed by atoms with Crippen molar-refractivity contribution in [2.24, 2.45) is 0 Å². The maximum atomic E-state index is 11.9. The lowest BCUT2D eigenvalue weighted by Gasteiger charge is -2.39. The number of hydrogen-bond donors (Lipinski definition) is 0. The van der Waals surface area contributed by atoms with Gasteiger partial charge in [-0.1, -0.05) is 6.07 Å². The molecule has 1 aliphatic rings. The molecule has 2 rings (SSSR count). The van der Waals surface area contributed by atoms with Crippen molar-refractivity contribution >= 4 is 12.1 Å². The molecule has 6 heteroatoms. The summed E-state index contributed by atoms with van der Waals surface area (Å²) in [4.78, 5) is 25.3. The van der Waals surface area contributed by atoms with E-state index in [1.54, 1.807) is 24.0 Å². The minimum Gasteiger partial charge on any atom is -0.486 e. The number of aryl methyl sites for hydroxylation is 1. The molecule has 1 amide bonds. The van der Waals surface area contributed by atoms with Crippen LogP contribution in [0.5, 0.6) is 5.75 Å². The van der Waals surface area contributed by atoms with Gasteiger partial charge in [-0.2, -0.15) is 0 Å². The topological polar surface area (TPSA) is 65.1 Å². The number of amides is 1. The fraction of sp³-hybridized carbons (Fsp3) is 0.556. The molecule has 6 nitrogen and oxygen atoms in total. The number of rotatable bonds is 4. The maximum Gasteiger partial charge on any atom is 0.410 e. The number of ether oxygens (including phenoxy) is 3. The maximum absolute atomic E-state index is 11.9. The first kappa shape index (κ1) is 18.1. The second-order valence-corrected chi connectivity index (χ2v) is 6.83. The van der Waals surface area contributed by atoms with E-state index in [0.717, 1.165) is 5.56 Å². The zero-order chi connectivity index (χ0) is 17.9. The number of hydrogen-bond acceptors (Lipinski definition) is 5. The summed E-state index contributed by atoms with van der Waals surface area (Å²) in [6.07, 6.45) is -0.437. The number of nitrogens with zero attached hydrogens (tertiary/aromatic N) is 1. The van der Waals surface area contributed by atoms with Crippen LogP contribution >= 0.6 is 0 Å². The lowest BCUT2D eigenvalue weighted by molar-refractivity contribution is -0.0222. The standard InChI is InChI=1S/C18H25NO5/c1-6-22-16(20)13-8-7-12(2)15(9-13)23-14-10-19(11-14)17(21)24-18(3,4)5/h7-9,14H,6,10-11H2,1-5H3. The molecule has 132 valence electrons. The predicted molar refractivity (Wildman–Crippen MR) is 89.4 cm³/mol. The Morgan fingerprint density at radius 1 is 1.25 bits per heavy atom. The minimum atomic E-state index is -0.506. The molecular weight excluding hydrogens is 310 g/mol. The highest BCUT2D eigenvalue weighted by Gasteiger charge is 2.35. The summed E-state index contributed by atoms with van der Waals surface area (Å²) in [6.45, 7) is 10.5. The molecule has 1 aliphatic heterocycles. The van der Waals surface area contributed by atoms with Gasteiger partial charge in [-0.05, 0) is 52.3 Å². The van der Waals surface area contributed by atoms with Gasteiger partial charge >= 0.3 is 12.1 Å². The fourth-order valence-electron chi connectivity index (χ4n) is 2.24. The van der Waals surface area contributed by atoms with Gasteiger partial charge in [0.05, 0.1) is 25.3 Å². The molecular formula is C18H25NO5. The van der Waals surface area contributed by atoms with Crippen LogP contribution in [0.25, 0.3) is 0 Å². The van der Waals surface area contributed by atoms with Gasteiger partial charge in [-0.15, -0.1) is 0 Å². The molecule has 1 saturated heterocycles. The monoisotopic (exact) mass is 335 g/mol. The van der Waals surface area contributed by atoms with E-state index in [2.05, 4.69) is 0 Å². The molecule has 0 aromatic heterocycles. The molecule has 0 saturated carbocycles. The van der Waals surface area contributed by atoms with Gasteiger partial charge in [0.15, 0.2) is 0 Å². The molecule has 0 aliphatic carbocycles. The van der Waals surface area contributed by atoms with E-state index in [0.29, 0.717) is 31.0 Å². The molecule has 0 unspecified atom stereocenters. The summed E-state index contributed by atoms with van der Waals surface area (Å²) >= 11 is 0. The van der Waals surface area contributed by atoms with Gasteiger partial charge in [-0.25, -0.2) is 9.59 Å². The Hall–Kier alpha value is -2.24. The average molecular weight is 335 g/mol. The molecule has 0 N–H and O–H groups in total. The molecule has 1 heterocycles. The van der Waals surface area contributed by atoms with Gasteiger partial charge in [0, 0.05) is 0 Å². The van der Waals surface area contributed by atoms with E-state index in [-0.39, 0.29) is 18.2 Å². The van der Waals surface area contributed by atoms with Crippen LogP contribution in [0.4, 0.5) is 4.79 Å². The van der Waals surface area contributed by atoms with Crippen molar-refractivity contribution < 1.29 is 23.8 Å². The van der Waals surface area contributed by atoms with E-state index in [4.69, 9.17) is 14.2 Å². The summed E-state index contributed by atoms with van der Waals surface area (Å²) in [5, 5.41) is 0. The molecule has 0 bridgehead atoms. The molecule has 1 fully saturated rings. The number of likely N-dealkylation sites (tertiary alicyclic amines) is 1. The Balaban J connectivity index is 1.93. The fourth-order valence-corrected chi connectivity index (χ4v) is 2.24. The van der Waals surface area contributed by atoms with Gasteiger partial charge < -0.3 is 19.1 Å². The van der Waals surface area contributed by atoms with Gasteiger partial charge in [-0.3, -0.25) is 0 Å². The Labute approximate surface area is 142 Å². The highest BCUT2D eigenvalue weighted by atomic mass is 16.6. The van der Waals surface area contributed by atoms with Crippen molar-refractivity contribution in [3.05, 3.63) is 29.3 Å². The Morgan fingerprint density at radius 2 is 1.92 bits per heavy atom. The van der Waals surface area contributed by atoms with Crippen LogP contribution in [0.2, 0.25) is 0 Å². The lowest BCUT2D eigenvalue weighted by atomic mass is 10.1. The molecule has 24 heavy (non-hydrogen) atoms. The molecule has 0 atom stereocenters. The quantitative estimate of drug-likeness (QED) is 0.791. The van der Waals surface area contributed by atoms with Crippen molar-refractivity contribution in [2.45, 2.75) is 46.3 Å². The zero-order valence-corrected chi connectivity index (χ0v) is 14.9. The van der Waals surface area contributed by atoms with Crippen molar-refractivity contribution in [1.29, 1.82) is 0 Å². The SMILES string of the molecule is CCOC(=O)c1ccc(C)c(OC2CN(C(=O)OC(C)(C)C)C2)c1. The molecule has 0 spiro atoms. The number of carbonyl (C=O) groups excluding carboxylic acids is 2. The molecule has 1 aromatic rings.